The lowest BCUT2D eigenvalue weighted by Gasteiger charge is -2.34. The normalized spacial score (nSPS) is 15.1. The van der Waals surface area contributed by atoms with E-state index in [1.165, 1.54) is 11.3 Å². The molecule has 0 bridgehead atoms. The monoisotopic (exact) mass is 426 g/mol. The highest BCUT2D eigenvalue weighted by atomic mass is 32.1. The van der Waals surface area contributed by atoms with Crippen molar-refractivity contribution in [3.63, 3.8) is 0 Å². The third kappa shape index (κ3) is 4.71. The summed E-state index contributed by atoms with van der Waals surface area (Å²) in [6.07, 6.45) is 1.74. The first-order valence-corrected chi connectivity index (χ1v) is 11.1. The van der Waals surface area contributed by atoms with Gasteiger partial charge in [0.25, 0.3) is 11.5 Å². The smallest absolute Gasteiger partial charge is 0.258 e. The molecule has 7 nitrogen and oxygen atoms in total. The van der Waals surface area contributed by atoms with Gasteiger partial charge in [0.2, 0.25) is 0 Å². The van der Waals surface area contributed by atoms with E-state index < -0.39 is 0 Å². The topological polar surface area (TPSA) is 67.2 Å². The van der Waals surface area contributed by atoms with Crippen molar-refractivity contribution in [1.29, 1.82) is 0 Å². The molecule has 1 aromatic carbocycles. The molecule has 0 spiro atoms. The number of hydrogen-bond acceptors (Lipinski definition) is 6. The van der Waals surface area contributed by atoms with Crippen LogP contribution in [0, 0.1) is 5.92 Å². The number of amides is 1. The summed E-state index contributed by atoms with van der Waals surface area (Å²) >= 11 is 1.46. The first-order valence-electron chi connectivity index (χ1n) is 10.2. The lowest BCUT2D eigenvalue weighted by Crippen LogP contribution is -2.48. The maximum absolute atomic E-state index is 12.9. The molecule has 3 heterocycles. The van der Waals surface area contributed by atoms with Crippen LogP contribution in [-0.2, 0) is 6.54 Å². The van der Waals surface area contributed by atoms with Gasteiger partial charge in [-0.1, -0.05) is 19.9 Å². The quantitative estimate of drug-likeness (QED) is 0.606. The molecular formula is C22H26N4O3S. The number of piperazine rings is 1. The maximum Gasteiger partial charge on any atom is 0.258 e. The number of rotatable bonds is 6. The molecule has 0 unspecified atom stereocenters. The van der Waals surface area contributed by atoms with Gasteiger partial charge < -0.3 is 9.64 Å². The molecule has 30 heavy (non-hydrogen) atoms. The predicted molar refractivity (Wildman–Crippen MR) is 117 cm³/mol. The molecule has 0 atom stereocenters. The standard InChI is InChI=1S/C22H26N4O3S/c1-16(2)15-29-19-5-3-4-17(12-19)21(28)25-8-6-24(7-9-25)14-18-13-20(27)26-10-11-30-22(26)23-18/h3-5,10-13,16H,6-9,14-15H2,1-2H3. The first-order chi connectivity index (χ1) is 14.5. The molecule has 1 amide bonds. The fourth-order valence-corrected chi connectivity index (χ4v) is 4.21. The second kappa shape index (κ2) is 8.97. The molecule has 3 aromatic rings. The molecule has 8 heteroatoms. The average Bonchev–Trinajstić information content (AvgIpc) is 3.22. The van der Waals surface area contributed by atoms with E-state index in [0.29, 0.717) is 42.7 Å². The molecule has 2 aromatic heterocycles. The Morgan fingerprint density at radius 1 is 1.20 bits per heavy atom. The summed E-state index contributed by atoms with van der Waals surface area (Å²) in [5.74, 6) is 1.19. The van der Waals surface area contributed by atoms with E-state index in [9.17, 15) is 9.59 Å². The molecule has 158 valence electrons. The zero-order valence-electron chi connectivity index (χ0n) is 17.3. The Hall–Kier alpha value is -2.71. The van der Waals surface area contributed by atoms with E-state index in [-0.39, 0.29) is 11.5 Å². The van der Waals surface area contributed by atoms with E-state index in [4.69, 9.17) is 4.74 Å². The van der Waals surface area contributed by atoms with Gasteiger partial charge in [-0.2, -0.15) is 0 Å². The lowest BCUT2D eigenvalue weighted by molar-refractivity contribution is 0.0626. The fourth-order valence-electron chi connectivity index (χ4n) is 3.47. The first kappa shape index (κ1) is 20.6. The molecule has 1 aliphatic heterocycles. The molecule has 1 aliphatic rings. The molecule has 0 radical (unpaired) electrons. The number of ether oxygens (including phenoxy) is 1. The molecule has 1 saturated heterocycles. The highest BCUT2D eigenvalue weighted by Gasteiger charge is 2.23. The third-order valence-corrected chi connectivity index (χ3v) is 5.82. The summed E-state index contributed by atoms with van der Waals surface area (Å²) in [7, 11) is 0. The van der Waals surface area contributed by atoms with Crippen molar-refractivity contribution in [2.45, 2.75) is 20.4 Å². The van der Waals surface area contributed by atoms with Crippen molar-refractivity contribution in [2.24, 2.45) is 5.92 Å². The molecule has 4 rings (SSSR count). The van der Waals surface area contributed by atoms with Crippen LogP contribution >= 0.6 is 11.3 Å². The highest BCUT2D eigenvalue weighted by molar-refractivity contribution is 7.15. The summed E-state index contributed by atoms with van der Waals surface area (Å²) in [5, 5.41) is 1.86. The van der Waals surface area contributed by atoms with Crippen LogP contribution in [0.2, 0.25) is 0 Å². The van der Waals surface area contributed by atoms with E-state index in [0.717, 1.165) is 24.5 Å². The molecule has 0 N–H and O–H groups in total. The van der Waals surface area contributed by atoms with E-state index >= 15 is 0 Å². The van der Waals surface area contributed by atoms with Gasteiger partial charge in [0.15, 0.2) is 4.96 Å². The number of nitrogens with zero attached hydrogens (tertiary/aromatic N) is 4. The number of benzene rings is 1. The molecule has 1 fully saturated rings. The van der Waals surface area contributed by atoms with Crippen LogP contribution in [0.25, 0.3) is 4.96 Å². The molecule has 0 aliphatic carbocycles. The Morgan fingerprint density at radius 2 is 2.00 bits per heavy atom. The highest BCUT2D eigenvalue weighted by Crippen LogP contribution is 2.17. The Morgan fingerprint density at radius 3 is 2.77 bits per heavy atom. The second-order valence-corrected chi connectivity index (χ2v) is 8.82. The van der Waals surface area contributed by atoms with Crippen molar-refractivity contribution in [2.75, 3.05) is 32.8 Å². The Bertz CT molecular complexity index is 1080. The predicted octanol–water partition coefficient (Wildman–Crippen LogP) is 2.75. The maximum atomic E-state index is 12.9. The van der Waals surface area contributed by atoms with Crippen LogP contribution < -0.4 is 10.3 Å². The Labute approximate surface area is 179 Å². The average molecular weight is 427 g/mol. The largest absolute Gasteiger partial charge is 0.493 e. The fraction of sp³-hybridized carbons (Fsp3) is 0.409. The number of carbonyl (C=O) groups is 1. The van der Waals surface area contributed by atoms with Gasteiger partial charge in [0.05, 0.1) is 12.3 Å². The van der Waals surface area contributed by atoms with E-state index in [1.807, 2.05) is 34.5 Å². The summed E-state index contributed by atoms with van der Waals surface area (Å²) < 4.78 is 7.31. The SMILES string of the molecule is CC(C)COc1cccc(C(=O)N2CCN(Cc3cc(=O)n4ccsc4n3)CC2)c1. The van der Waals surface area contributed by atoms with Crippen LogP contribution in [0.4, 0.5) is 0 Å². The number of hydrogen-bond donors (Lipinski definition) is 0. The van der Waals surface area contributed by atoms with Gasteiger partial charge in [0.1, 0.15) is 5.75 Å². The van der Waals surface area contributed by atoms with Crippen LogP contribution in [0.15, 0.2) is 46.7 Å². The van der Waals surface area contributed by atoms with Gasteiger partial charge in [-0.05, 0) is 24.1 Å². The van der Waals surface area contributed by atoms with Crippen molar-refractivity contribution in [3.05, 3.63) is 63.5 Å². The van der Waals surface area contributed by atoms with E-state index in [1.54, 1.807) is 16.7 Å². The summed E-state index contributed by atoms with van der Waals surface area (Å²) in [4.78, 5) is 34.5. The van der Waals surface area contributed by atoms with E-state index in [2.05, 4.69) is 23.7 Å². The van der Waals surface area contributed by atoms with Crippen LogP contribution in [0.3, 0.4) is 0 Å². The Kier molecular flexibility index (Phi) is 6.15. The van der Waals surface area contributed by atoms with Crippen LogP contribution in [0.5, 0.6) is 5.75 Å². The van der Waals surface area contributed by atoms with Crippen molar-refractivity contribution < 1.29 is 9.53 Å². The summed E-state index contributed by atoms with van der Waals surface area (Å²) in [6, 6.07) is 9.01. The summed E-state index contributed by atoms with van der Waals surface area (Å²) in [5.41, 5.74) is 1.38. The van der Waals surface area contributed by atoms with Crippen molar-refractivity contribution in [1.82, 2.24) is 19.2 Å². The van der Waals surface area contributed by atoms with Gasteiger partial charge in [-0.3, -0.25) is 18.9 Å². The number of carbonyl (C=O) groups excluding carboxylic acids is 1. The number of fused-ring (bicyclic) bond motifs is 1. The minimum Gasteiger partial charge on any atom is -0.493 e. The van der Waals surface area contributed by atoms with Gasteiger partial charge >= 0.3 is 0 Å². The Balaban J connectivity index is 1.35. The minimum absolute atomic E-state index is 0.0287. The van der Waals surface area contributed by atoms with Crippen LogP contribution in [-0.4, -0.2) is 57.9 Å². The number of aromatic nitrogens is 2. The third-order valence-electron chi connectivity index (χ3n) is 5.07. The van der Waals surface area contributed by atoms with Crippen molar-refractivity contribution in [3.8, 4) is 5.75 Å². The van der Waals surface area contributed by atoms with Gasteiger partial charge in [0, 0.05) is 55.9 Å². The second-order valence-electron chi connectivity index (χ2n) is 7.94. The van der Waals surface area contributed by atoms with Crippen molar-refractivity contribution >= 4 is 22.2 Å². The number of thiazole rings is 1. The lowest BCUT2D eigenvalue weighted by atomic mass is 10.1. The van der Waals surface area contributed by atoms with Gasteiger partial charge in [-0.15, -0.1) is 11.3 Å². The zero-order valence-corrected chi connectivity index (χ0v) is 18.1. The molecular weight excluding hydrogens is 400 g/mol. The minimum atomic E-state index is -0.0513. The molecule has 0 saturated carbocycles. The summed E-state index contributed by atoms with van der Waals surface area (Å²) in [6.45, 7) is 8.24. The zero-order chi connectivity index (χ0) is 21.1. The van der Waals surface area contributed by atoms with Crippen LogP contribution in [0.1, 0.15) is 29.9 Å². The van der Waals surface area contributed by atoms with Gasteiger partial charge in [-0.25, -0.2) is 4.98 Å².